The normalized spacial score (nSPS) is 32.5. The average molecular weight is 250 g/mol. The first-order chi connectivity index (χ1) is 8.04. The zero-order valence-electron chi connectivity index (χ0n) is 12.0. The third-order valence-corrected chi connectivity index (χ3v) is 7.48. The van der Waals surface area contributed by atoms with Crippen molar-refractivity contribution in [2.45, 2.75) is 52.6 Å². The van der Waals surface area contributed by atoms with E-state index in [9.17, 15) is 0 Å². The zero-order valence-corrected chi connectivity index (χ0v) is 12.9. The Morgan fingerprint density at radius 3 is 2.59 bits per heavy atom. The van der Waals surface area contributed by atoms with Gasteiger partial charge < -0.3 is 0 Å². The summed E-state index contributed by atoms with van der Waals surface area (Å²) in [7, 11) is 0.0370. The molecule has 0 N–H and O–H groups in total. The molecule has 1 aliphatic carbocycles. The van der Waals surface area contributed by atoms with Crippen LogP contribution in [0.15, 0.2) is 11.4 Å². The van der Waals surface area contributed by atoms with E-state index in [1.54, 1.807) is 5.31 Å². The number of hydrogen-bond donors (Lipinski definition) is 0. The Labute approximate surface area is 109 Å². The van der Waals surface area contributed by atoms with Crippen LogP contribution in [-0.2, 0) is 0 Å². The Kier molecular flexibility index (Phi) is 5.75. The fourth-order valence-corrected chi connectivity index (χ4v) is 5.86. The van der Waals surface area contributed by atoms with Gasteiger partial charge in [-0.3, -0.25) is 0 Å². The minimum Gasteiger partial charge on any atom is -0.119 e. The van der Waals surface area contributed by atoms with Crippen molar-refractivity contribution in [2.75, 3.05) is 6.66 Å². The van der Waals surface area contributed by atoms with Crippen LogP contribution in [0.2, 0.25) is 0 Å². The summed E-state index contributed by atoms with van der Waals surface area (Å²) in [5, 5.41) is 1.64. The van der Waals surface area contributed by atoms with Gasteiger partial charge in [0.15, 0.2) is 0 Å². The molecule has 1 heteroatoms. The lowest BCUT2D eigenvalue weighted by Crippen LogP contribution is -2.37. The monoisotopic (exact) mass is 250 g/mol. The molecule has 0 aromatic carbocycles. The zero-order chi connectivity index (χ0) is 13.0. The third kappa shape index (κ3) is 3.35. The highest BCUT2D eigenvalue weighted by molar-refractivity contribution is 7.62. The van der Waals surface area contributed by atoms with E-state index in [2.05, 4.69) is 46.4 Å². The first-order valence-corrected chi connectivity index (χ1v) is 8.80. The van der Waals surface area contributed by atoms with E-state index in [1.165, 1.54) is 19.3 Å². The number of hydrogen-bond acceptors (Lipinski definition) is 0. The molecular formula is C16H27P. The van der Waals surface area contributed by atoms with Crippen LogP contribution >= 0.6 is 7.92 Å². The third-order valence-electron chi connectivity index (χ3n) is 4.44. The second-order valence-electron chi connectivity index (χ2n) is 5.41. The fourth-order valence-electron chi connectivity index (χ4n) is 2.94. The standard InChI is InChI=1S/C16H27P/c1-7-12(4)10-15(9-3)17(6)16-11-14(8-2)13(16)5/h1,10,12-14,16H,8-9,11H2,2-6H3/b15-10-/t12-,13?,14?,16?,17?/m1/s1. The Morgan fingerprint density at radius 1 is 1.53 bits per heavy atom. The number of terminal acetylenes is 1. The molecule has 1 rings (SSSR count). The molecule has 1 saturated carbocycles. The smallest absolute Gasteiger partial charge is 0.0357 e. The van der Waals surface area contributed by atoms with Gasteiger partial charge in [0.05, 0.1) is 0 Å². The van der Waals surface area contributed by atoms with Crippen LogP contribution in [0.4, 0.5) is 0 Å². The summed E-state index contributed by atoms with van der Waals surface area (Å²) in [5.41, 5.74) is 0.950. The highest BCUT2D eigenvalue weighted by Gasteiger charge is 2.39. The molecule has 0 saturated heterocycles. The molecule has 0 nitrogen and oxygen atoms in total. The molecular weight excluding hydrogens is 223 g/mol. The van der Waals surface area contributed by atoms with E-state index in [4.69, 9.17) is 6.42 Å². The van der Waals surface area contributed by atoms with Crippen LogP contribution in [0.1, 0.15) is 47.0 Å². The topological polar surface area (TPSA) is 0 Å². The molecule has 0 aromatic heterocycles. The minimum atomic E-state index is 0.0370. The van der Waals surface area contributed by atoms with Gasteiger partial charge in [-0.1, -0.05) is 47.1 Å². The number of allylic oxidation sites excluding steroid dienone is 2. The largest absolute Gasteiger partial charge is 0.119 e. The van der Waals surface area contributed by atoms with Crippen molar-refractivity contribution < 1.29 is 0 Å². The predicted octanol–water partition coefficient (Wildman–Crippen LogP) is 5.10. The van der Waals surface area contributed by atoms with Crippen molar-refractivity contribution in [3.05, 3.63) is 11.4 Å². The minimum absolute atomic E-state index is 0.0370. The SMILES string of the molecule is C#C[C@@H](C)/C=C(/CC)P(C)C1CC(CC)C1C. The van der Waals surface area contributed by atoms with Gasteiger partial charge in [-0.05, 0) is 49.2 Å². The summed E-state index contributed by atoms with van der Waals surface area (Å²) in [5.74, 6) is 5.03. The lowest BCUT2D eigenvalue weighted by Gasteiger charge is -2.46. The van der Waals surface area contributed by atoms with E-state index in [0.717, 1.165) is 17.5 Å². The molecule has 0 aromatic rings. The van der Waals surface area contributed by atoms with E-state index in [0.29, 0.717) is 5.92 Å². The molecule has 0 aliphatic heterocycles. The molecule has 0 spiro atoms. The Bertz CT molecular complexity index is 310. The molecule has 0 bridgehead atoms. The molecule has 1 aliphatic rings. The molecule has 17 heavy (non-hydrogen) atoms. The van der Waals surface area contributed by atoms with Crippen molar-refractivity contribution in [3.8, 4) is 12.3 Å². The molecule has 4 unspecified atom stereocenters. The molecule has 1 fully saturated rings. The lowest BCUT2D eigenvalue weighted by molar-refractivity contribution is 0.199. The quantitative estimate of drug-likeness (QED) is 0.470. The molecule has 0 amide bonds. The summed E-state index contributed by atoms with van der Waals surface area (Å²) >= 11 is 0. The Balaban J connectivity index is 2.66. The van der Waals surface area contributed by atoms with Crippen LogP contribution in [0.25, 0.3) is 0 Å². The summed E-state index contributed by atoms with van der Waals surface area (Å²) in [6.45, 7) is 11.6. The summed E-state index contributed by atoms with van der Waals surface area (Å²) in [6, 6.07) is 0. The van der Waals surface area contributed by atoms with E-state index < -0.39 is 0 Å². The second-order valence-corrected chi connectivity index (χ2v) is 7.87. The molecule has 96 valence electrons. The van der Waals surface area contributed by atoms with Gasteiger partial charge in [-0.25, -0.2) is 0 Å². The van der Waals surface area contributed by atoms with Crippen molar-refractivity contribution in [2.24, 2.45) is 17.8 Å². The van der Waals surface area contributed by atoms with Gasteiger partial charge in [-0.15, -0.1) is 6.42 Å². The van der Waals surface area contributed by atoms with Crippen molar-refractivity contribution in [1.82, 2.24) is 0 Å². The van der Waals surface area contributed by atoms with Crippen molar-refractivity contribution >= 4 is 7.92 Å². The predicted molar refractivity (Wildman–Crippen MR) is 80.6 cm³/mol. The molecule has 0 radical (unpaired) electrons. The van der Waals surface area contributed by atoms with Crippen LogP contribution < -0.4 is 0 Å². The second kappa shape index (κ2) is 6.61. The van der Waals surface area contributed by atoms with Gasteiger partial charge in [0.25, 0.3) is 0 Å². The fraction of sp³-hybridized carbons (Fsp3) is 0.750. The highest BCUT2D eigenvalue weighted by atomic mass is 31.1. The average Bonchev–Trinajstić information content (AvgIpc) is 2.33. The summed E-state index contributed by atoms with van der Waals surface area (Å²) in [4.78, 5) is 0. The lowest BCUT2D eigenvalue weighted by atomic mass is 9.73. The van der Waals surface area contributed by atoms with Crippen LogP contribution in [0.5, 0.6) is 0 Å². The van der Waals surface area contributed by atoms with Crippen LogP contribution in [-0.4, -0.2) is 12.3 Å². The van der Waals surface area contributed by atoms with E-state index in [1.807, 2.05) is 0 Å². The van der Waals surface area contributed by atoms with Gasteiger partial charge in [0.2, 0.25) is 0 Å². The molecule has 0 heterocycles. The first-order valence-electron chi connectivity index (χ1n) is 6.94. The Morgan fingerprint density at radius 2 is 2.18 bits per heavy atom. The van der Waals surface area contributed by atoms with E-state index >= 15 is 0 Å². The van der Waals surface area contributed by atoms with Gasteiger partial charge in [0.1, 0.15) is 0 Å². The number of rotatable bonds is 5. The van der Waals surface area contributed by atoms with Crippen molar-refractivity contribution in [1.29, 1.82) is 0 Å². The van der Waals surface area contributed by atoms with Crippen LogP contribution in [0, 0.1) is 30.1 Å². The maximum Gasteiger partial charge on any atom is 0.0357 e. The Hall–Kier alpha value is -0.270. The van der Waals surface area contributed by atoms with Crippen LogP contribution in [0.3, 0.4) is 0 Å². The van der Waals surface area contributed by atoms with E-state index in [-0.39, 0.29) is 7.92 Å². The van der Waals surface area contributed by atoms with Crippen molar-refractivity contribution in [3.63, 3.8) is 0 Å². The maximum absolute atomic E-state index is 5.48. The van der Waals surface area contributed by atoms with Gasteiger partial charge in [-0.2, -0.15) is 0 Å². The van der Waals surface area contributed by atoms with Gasteiger partial charge in [0, 0.05) is 5.92 Å². The van der Waals surface area contributed by atoms with Gasteiger partial charge >= 0.3 is 0 Å². The molecule has 5 atom stereocenters. The summed E-state index contributed by atoms with van der Waals surface area (Å²) in [6.07, 6.45) is 11.8. The summed E-state index contributed by atoms with van der Waals surface area (Å²) < 4.78 is 0. The first kappa shape index (κ1) is 14.8. The highest BCUT2D eigenvalue weighted by Crippen LogP contribution is 2.59. The maximum atomic E-state index is 5.48.